The van der Waals surface area contributed by atoms with E-state index in [-0.39, 0.29) is 13.0 Å². The lowest BCUT2D eigenvalue weighted by atomic mass is 10.0. The number of carbonyl (C=O) groups excluding carboxylic acids is 3. The van der Waals surface area contributed by atoms with E-state index < -0.39 is 76.7 Å². The van der Waals surface area contributed by atoms with Gasteiger partial charge in [-0.15, -0.1) is 0 Å². The monoisotopic (exact) mass is 592 g/mol. The Kier molecular flexibility index (Phi) is 10.6. The smallest absolute Gasteiger partial charge is 0.408 e. The fourth-order valence-corrected chi connectivity index (χ4v) is 3.84. The van der Waals surface area contributed by atoms with Gasteiger partial charge in [0.05, 0.1) is 0 Å². The van der Waals surface area contributed by atoms with Gasteiger partial charge in [0, 0.05) is 18.4 Å². The zero-order chi connectivity index (χ0) is 31.0. The number of alkyl carbamates (subject to hydrolysis) is 1. The van der Waals surface area contributed by atoms with Gasteiger partial charge in [0.2, 0.25) is 11.7 Å². The lowest BCUT2D eigenvalue weighted by molar-refractivity contribution is -0.149. The minimum absolute atomic E-state index is 0.0970. The van der Waals surface area contributed by atoms with Crippen molar-refractivity contribution in [2.24, 2.45) is 0 Å². The number of benzene rings is 3. The van der Waals surface area contributed by atoms with Crippen LogP contribution in [0.15, 0.2) is 60.7 Å². The SMILES string of the molecule is CC(C)(C)OC(=O)N[C@@H](Cc1ccccc1)C(=O)N[C@@H](Cc1c(F)c(F)c(F)c(F)c1F)C(=O)OCc1ccccc1. The van der Waals surface area contributed by atoms with Crippen molar-refractivity contribution in [2.75, 3.05) is 0 Å². The summed E-state index contributed by atoms with van der Waals surface area (Å²) < 4.78 is 80.9. The predicted octanol–water partition coefficient (Wildman–Crippen LogP) is 5.29. The average molecular weight is 593 g/mol. The van der Waals surface area contributed by atoms with Gasteiger partial charge < -0.3 is 20.1 Å². The molecule has 12 heteroatoms. The third kappa shape index (κ3) is 8.76. The first-order valence-electron chi connectivity index (χ1n) is 12.8. The molecule has 0 aliphatic rings. The fraction of sp³-hybridized carbons (Fsp3) is 0.300. The molecule has 0 saturated carbocycles. The van der Waals surface area contributed by atoms with Crippen molar-refractivity contribution in [2.45, 2.75) is 57.9 Å². The van der Waals surface area contributed by atoms with E-state index in [2.05, 4.69) is 10.6 Å². The number of halogens is 5. The van der Waals surface area contributed by atoms with Gasteiger partial charge in [-0.1, -0.05) is 60.7 Å². The van der Waals surface area contributed by atoms with Crippen molar-refractivity contribution in [3.05, 3.63) is 106 Å². The molecule has 0 bridgehead atoms. The number of esters is 1. The summed E-state index contributed by atoms with van der Waals surface area (Å²) in [6, 6.07) is 13.4. The van der Waals surface area contributed by atoms with Gasteiger partial charge >= 0.3 is 12.1 Å². The Morgan fingerprint density at radius 3 is 1.71 bits per heavy atom. The van der Waals surface area contributed by atoms with Gasteiger partial charge in [0.1, 0.15) is 24.3 Å². The van der Waals surface area contributed by atoms with Crippen LogP contribution >= 0.6 is 0 Å². The molecule has 0 radical (unpaired) electrons. The van der Waals surface area contributed by atoms with Gasteiger partial charge in [-0.3, -0.25) is 4.79 Å². The van der Waals surface area contributed by atoms with E-state index in [9.17, 15) is 36.3 Å². The molecule has 0 aromatic heterocycles. The molecule has 2 atom stereocenters. The summed E-state index contributed by atoms with van der Waals surface area (Å²) in [6.45, 7) is 4.48. The number of ether oxygens (including phenoxy) is 2. The summed E-state index contributed by atoms with van der Waals surface area (Å²) in [5, 5.41) is 4.64. The van der Waals surface area contributed by atoms with Crippen molar-refractivity contribution in [3.63, 3.8) is 0 Å². The molecule has 7 nitrogen and oxygen atoms in total. The molecular weight excluding hydrogens is 563 g/mol. The summed E-state index contributed by atoms with van der Waals surface area (Å²) in [5.74, 6) is -13.3. The van der Waals surface area contributed by atoms with E-state index in [0.717, 1.165) is 0 Å². The number of hydrogen-bond acceptors (Lipinski definition) is 5. The molecule has 0 aliphatic heterocycles. The third-order valence-electron chi connectivity index (χ3n) is 5.82. The first-order valence-corrected chi connectivity index (χ1v) is 12.8. The topological polar surface area (TPSA) is 93.7 Å². The molecule has 0 unspecified atom stereocenters. The van der Waals surface area contributed by atoms with Crippen LogP contribution in [0.25, 0.3) is 0 Å². The molecular formula is C30H29F5N2O5. The Hall–Kier alpha value is -4.48. The van der Waals surface area contributed by atoms with Crippen molar-refractivity contribution < 1.29 is 45.8 Å². The largest absolute Gasteiger partial charge is 0.459 e. The van der Waals surface area contributed by atoms with Crippen molar-refractivity contribution in [3.8, 4) is 0 Å². The van der Waals surface area contributed by atoms with Crippen molar-refractivity contribution in [1.29, 1.82) is 0 Å². The predicted molar refractivity (Wildman–Crippen MR) is 141 cm³/mol. The first kappa shape index (κ1) is 32.0. The molecule has 0 spiro atoms. The summed E-state index contributed by atoms with van der Waals surface area (Å²) in [5.41, 5.74) is -1.13. The third-order valence-corrected chi connectivity index (χ3v) is 5.82. The summed E-state index contributed by atoms with van der Waals surface area (Å²) in [4.78, 5) is 39.0. The normalized spacial score (nSPS) is 12.7. The standard InChI is InChI=1S/C30H29F5N2O5/c1-30(2,3)42-29(40)37-20(14-17-10-6-4-7-11-17)27(38)36-21(28(39)41-16-18-12-8-5-9-13-18)15-19-22(31)24(33)26(35)25(34)23(19)32/h4-13,20-21H,14-16H2,1-3H3,(H,36,38)(H,37,40)/t20-,21-/m0/s1. The molecule has 3 aromatic carbocycles. The van der Waals surface area contributed by atoms with Crippen molar-refractivity contribution in [1.82, 2.24) is 10.6 Å². The number of hydrogen-bond donors (Lipinski definition) is 2. The van der Waals surface area contributed by atoms with Crippen LogP contribution in [0.3, 0.4) is 0 Å². The van der Waals surface area contributed by atoms with E-state index in [0.29, 0.717) is 11.1 Å². The number of amides is 2. The first-order chi connectivity index (χ1) is 19.8. The van der Waals surface area contributed by atoms with Gasteiger partial charge in [-0.05, 0) is 31.9 Å². The van der Waals surface area contributed by atoms with E-state index in [4.69, 9.17) is 9.47 Å². The average Bonchev–Trinajstić information content (AvgIpc) is 2.95. The Morgan fingerprint density at radius 1 is 0.690 bits per heavy atom. The molecule has 3 rings (SSSR count). The highest BCUT2D eigenvalue weighted by molar-refractivity contribution is 5.90. The zero-order valence-corrected chi connectivity index (χ0v) is 23.0. The van der Waals surface area contributed by atoms with E-state index in [1.165, 1.54) is 0 Å². The maximum Gasteiger partial charge on any atom is 0.408 e. The minimum atomic E-state index is -2.37. The molecule has 0 saturated heterocycles. The van der Waals surface area contributed by atoms with Crippen LogP contribution in [0.5, 0.6) is 0 Å². The lowest BCUT2D eigenvalue weighted by Crippen LogP contribution is -2.54. The number of carbonyl (C=O) groups is 3. The molecule has 0 heterocycles. The Morgan fingerprint density at radius 2 is 1.19 bits per heavy atom. The highest BCUT2D eigenvalue weighted by Crippen LogP contribution is 2.24. The van der Waals surface area contributed by atoms with Crippen LogP contribution in [0, 0.1) is 29.1 Å². The lowest BCUT2D eigenvalue weighted by Gasteiger charge is -2.25. The van der Waals surface area contributed by atoms with Crippen LogP contribution in [0.1, 0.15) is 37.5 Å². The van der Waals surface area contributed by atoms with Gasteiger partial charge in [0.25, 0.3) is 0 Å². The Balaban J connectivity index is 1.92. The molecule has 2 amide bonds. The molecule has 224 valence electrons. The van der Waals surface area contributed by atoms with Crippen molar-refractivity contribution >= 4 is 18.0 Å². The quantitative estimate of drug-likeness (QED) is 0.145. The number of nitrogens with one attached hydrogen (secondary N) is 2. The molecule has 2 N–H and O–H groups in total. The second kappa shape index (κ2) is 13.9. The van der Waals surface area contributed by atoms with E-state index >= 15 is 0 Å². The maximum absolute atomic E-state index is 14.5. The van der Waals surface area contributed by atoms with Crippen LogP contribution in [-0.2, 0) is 38.5 Å². The van der Waals surface area contributed by atoms with Crippen LogP contribution in [-0.4, -0.2) is 35.7 Å². The number of rotatable bonds is 10. The van der Waals surface area contributed by atoms with Crippen LogP contribution < -0.4 is 10.6 Å². The second-order valence-corrected chi connectivity index (χ2v) is 10.3. The van der Waals surface area contributed by atoms with Crippen LogP contribution in [0.4, 0.5) is 26.7 Å². The van der Waals surface area contributed by atoms with E-state index in [1.54, 1.807) is 81.4 Å². The summed E-state index contributed by atoms with van der Waals surface area (Å²) in [7, 11) is 0. The van der Waals surface area contributed by atoms with E-state index in [1.807, 2.05) is 0 Å². The molecule has 0 aliphatic carbocycles. The zero-order valence-electron chi connectivity index (χ0n) is 23.0. The molecule has 0 fully saturated rings. The van der Waals surface area contributed by atoms with Gasteiger partial charge in [-0.25, -0.2) is 31.5 Å². The second-order valence-electron chi connectivity index (χ2n) is 10.3. The Bertz CT molecular complexity index is 1390. The highest BCUT2D eigenvalue weighted by Gasteiger charge is 2.33. The summed E-state index contributed by atoms with van der Waals surface area (Å²) in [6.07, 6.45) is -2.21. The van der Waals surface area contributed by atoms with Crippen LogP contribution in [0.2, 0.25) is 0 Å². The fourth-order valence-electron chi connectivity index (χ4n) is 3.84. The van der Waals surface area contributed by atoms with Gasteiger partial charge in [-0.2, -0.15) is 0 Å². The maximum atomic E-state index is 14.5. The minimum Gasteiger partial charge on any atom is -0.459 e. The molecule has 42 heavy (non-hydrogen) atoms. The molecule has 3 aromatic rings. The van der Waals surface area contributed by atoms with Gasteiger partial charge in [0.15, 0.2) is 23.3 Å². The summed E-state index contributed by atoms with van der Waals surface area (Å²) >= 11 is 0. The Labute approximate surface area is 239 Å². The highest BCUT2D eigenvalue weighted by atomic mass is 19.2.